The summed E-state index contributed by atoms with van der Waals surface area (Å²) in [5, 5.41) is 7.27. The van der Waals surface area contributed by atoms with Crippen LogP contribution in [0.15, 0.2) is 53.8 Å². The van der Waals surface area contributed by atoms with Crippen LogP contribution in [0.25, 0.3) is 11.4 Å². The average molecular weight is 309 g/mol. The molecule has 3 aromatic rings. The molecule has 1 atom stereocenters. The number of nitrogens with two attached hydrogens (primary N) is 1. The summed E-state index contributed by atoms with van der Waals surface area (Å²) >= 11 is 0. The van der Waals surface area contributed by atoms with Crippen molar-refractivity contribution in [1.29, 1.82) is 0 Å². The van der Waals surface area contributed by atoms with E-state index in [1.807, 2.05) is 6.07 Å². The van der Waals surface area contributed by atoms with Crippen LogP contribution >= 0.6 is 0 Å². The Hall–Kier alpha value is -3.29. The van der Waals surface area contributed by atoms with E-state index in [0.717, 1.165) is 5.56 Å². The predicted octanol–water partition coefficient (Wildman–Crippen LogP) is 1.77. The van der Waals surface area contributed by atoms with Crippen molar-refractivity contribution in [2.75, 3.05) is 5.32 Å². The molecule has 1 unspecified atom stereocenters. The Morgan fingerprint density at radius 3 is 2.83 bits per heavy atom. The summed E-state index contributed by atoms with van der Waals surface area (Å²) in [5.74, 6) is 0.660. The number of aliphatic imine (C=N–C) groups is 1. The molecule has 0 saturated carbocycles. The fraction of sp³-hybridized carbons (Fsp3) is 0.0667. The molecule has 0 fully saturated rings. The van der Waals surface area contributed by atoms with E-state index in [1.165, 1.54) is 10.7 Å². The quantitative estimate of drug-likeness (QED) is 0.752. The van der Waals surface area contributed by atoms with Gasteiger partial charge in [-0.05, 0) is 18.2 Å². The summed E-state index contributed by atoms with van der Waals surface area (Å²) in [5.41, 5.74) is 6.93. The molecule has 3 heterocycles. The van der Waals surface area contributed by atoms with Crippen LogP contribution in [0.3, 0.4) is 0 Å². The molecule has 3 N–H and O–H groups in total. The molecule has 0 radical (unpaired) electrons. The highest BCUT2D eigenvalue weighted by Gasteiger charge is 2.27. The van der Waals surface area contributed by atoms with Crippen LogP contribution in [-0.2, 0) is 0 Å². The molecular formula is C15H12FN7. The van der Waals surface area contributed by atoms with Gasteiger partial charge in [0, 0.05) is 23.5 Å². The van der Waals surface area contributed by atoms with Crippen LogP contribution in [0.5, 0.6) is 0 Å². The topological polar surface area (TPSA) is 94.0 Å². The molecule has 1 aromatic carbocycles. The van der Waals surface area contributed by atoms with E-state index < -0.39 is 6.17 Å². The van der Waals surface area contributed by atoms with Crippen LogP contribution in [0.1, 0.15) is 11.7 Å². The van der Waals surface area contributed by atoms with E-state index in [0.29, 0.717) is 17.3 Å². The van der Waals surface area contributed by atoms with Gasteiger partial charge in [0.1, 0.15) is 5.82 Å². The molecule has 0 spiro atoms. The zero-order chi connectivity index (χ0) is 15.8. The molecule has 8 heteroatoms. The summed E-state index contributed by atoms with van der Waals surface area (Å²) < 4.78 is 15.6. The summed E-state index contributed by atoms with van der Waals surface area (Å²) in [7, 11) is 0. The van der Waals surface area contributed by atoms with E-state index in [9.17, 15) is 4.39 Å². The van der Waals surface area contributed by atoms with Gasteiger partial charge in [-0.1, -0.05) is 18.2 Å². The van der Waals surface area contributed by atoms with E-state index in [-0.39, 0.29) is 11.8 Å². The lowest BCUT2D eigenvalue weighted by atomic mass is 10.1. The highest BCUT2D eigenvalue weighted by Crippen LogP contribution is 2.29. The van der Waals surface area contributed by atoms with Gasteiger partial charge in [0.25, 0.3) is 0 Å². The maximum atomic E-state index is 14.1. The third-order valence-electron chi connectivity index (χ3n) is 3.47. The van der Waals surface area contributed by atoms with Crippen molar-refractivity contribution in [3.05, 3.63) is 60.2 Å². The van der Waals surface area contributed by atoms with Crippen molar-refractivity contribution in [3.8, 4) is 11.4 Å². The Labute approximate surface area is 130 Å². The van der Waals surface area contributed by atoms with E-state index in [1.54, 1.807) is 36.7 Å². The molecular weight excluding hydrogens is 297 g/mol. The first-order valence-electron chi connectivity index (χ1n) is 6.94. The second kappa shape index (κ2) is 5.16. The van der Waals surface area contributed by atoms with Crippen LogP contribution in [-0.4, -0.2) is 25.7 Å². The molecule has 23 heavy (non-hydrogen) atoms. The Kier molecular flexibility index (Phi) is 3.00. The van der Waals surface area contributed by atoms with Gasteiger partial charge in [0.2, 0.25) is 5.95 Å². The maximum absolute atomic E-state index is 14.1. The molecule has 0 saturated heterocycles. The first-order chi connectivity index (χ1) is 11.2. The average Bonchev–Trinajstić information content (AvgIpc) is 2.99. The summed E-state index contributed by atoms with van der Waals surface area (Å²) in [6.07, 6.45) is 2.62. The number of fused-ring (bicyclic) bond motifs is 1. The van der Waals surface area contributed by atoms with Gasteiger partial charge in [0.15, 0.2) is 17.9 Å². The van der Waals surface area contributed by atoms with Crippen molar-refractivity contribution in [2.45, 2.75) is 6.17 Å². The lowest BCUT2D eigenvalue weighted by Crippen LogP contribution is -2.32. The molecule has 7 nitrogen and oxygen atoms in total. The summed E-state index contributed by atoms with van der Waals surface area (Å²) in [6, 6.07) is 10.0. The number of nitrogens with zero attached hydrogens (tertiary/aromatic N) is 5. The zero-order valence-corrected chi connectivity index (χ0v) is 11.9. The minimum absolute atomic E-state index is 0.163. The van der Waals surface area contributed by atoms with Crippen molar-refractivity contribution < 1.29 is 4.39 Å². The third kappa shape index (κ3) is 2.30. The first-order valence-corrected chi connectivity index (χ1v) is 6.94. The van der Waals surface area contributed by atoms with Gasteiger partial charge in [-0.15, -0.1) is 5.10 Å². The van der Waals surface area contributed by atoms with Crippen LogP contribution in [0, 0.1) is 5.82 Å². The van der Waals surface area contributed by atoms with Crippen molar-refractivity contribution in [2.24, 2.45) is 10.7 Å². The van der Waals surface area contributed by atoms with Gasteiger partial charge >= 0.3 is 0 Å². The molecule has 4 rings (SSSR count). The monoisotopic (exact) mass is 309 g/mol. The summed E-state index contributed by atoms with van der Waals surface area (Å²) in [4.78, 5) is 12.7. The third-order valence-corrected chi connectivity index (χ3v) is 3.47. The zero-order valence-electron chi connectivity index (χ0n) is 11.9. The second-order valence-electron chi connectivity index (χ2n) is 4.98. The lowest BCUT2D eigenvalue weighted by molar-refractivity contribution is 0.505. The van der Waals surface area contributed by atoms with E-state index in [2.05, 4.69) is 25.4 Å². The normalized spacial score (nSPS) is 16.4. The molecule has 0 amide bonds. The van der Waals surface area contributed by atoms with Crippen molar-refractivity contribution >= 4 is 11.9 Å². The number of rotatable bonds is 2. The van der Waals surface area contributed by atoms with Gasteiger partial charge in [-0.3, -0.25) is 10.3 Å². The molecule has 114 valence electrons. The van der Waals surface area contributed by atoms with Crippen LogP contribution < -0.4 is 11.1 Å². The van der Waals surface area contributed by atoms with Gasteiger partial charge in [-0.2, -0.15) is 4.98 Å². The number of aromatic nitrogens is 4. The number of halogens is 1. The number of nitrogens with one attached hydrogen (secondary N) is 1. The Balaban J connectivity index is 1.83. The molecule has 0 aliphatic carbocycles. The Bertz CT molecular complexity index is 888. The lowest BCUT2D eigenvalue weighted by Gasteiger charge is -2.21. The smallest absolute Gasteiger partial charge is 0.230 e. The summed E-state index contributed by atoms with van der Waals surface area (Å²) in [6.45, 7) is 0. The minimum Gasteiger partial charge on any atom is -0.370 e. The fourth-order valence-electron chi connectivity index (χ4n) is 2.42. The van der Waals surface area contributed by atoms with Gasteiger partial charge < -0.3 is 5.73 Å². The number of anilines is 1. The number of guanidine groups is 1. The number of hydrogen-bond donors (Lipinski definition) is 2. The molecule has 0 bridgehead atoms. The van der Waals surface area contributed by atoms with Gasteiger partial charge in [0.05, 0.1) is 0 Å². The Morgan fingerprint density at radius 2 is 2.04 bits per heavy atom. The second-order valence-corrected chi connectivity index (χ2v) is 4.98. The van der Waals surface area contributed by atoms with Crippen molar-refractivity contribution in [1.82, 2.24) is 19.7 Å². The number of benzene rings is 1. The number of hydrogen-bond acceptors (Lipinski definition) is 6. The standard InChI is InChI=1S/C15H12FN7/c16-11-6-2-1-5-10(11)13-20-14(17)21-15-19-12(22-23(13)15)9-4-3-7-18-8-9/h1-8,13H,(H3,17,19,20,21,22). The van der Waals surface area contributed by atoms with E-state index in [4.69, 9.17) is 5.73 Å². The predicted molar refractivity (Wildman–Crippen MR) is 83.0 cm³/mol. The Morgan fingerprint density at radius 1 is 1.17 bits per heavy atom. The van der Waals surface area contributed by atoms with Crippen LogP contribution in [0.2, 0.25) is 0 Å². The largest absolute Gasteiger partial charge is 0.370 e. The van der Waals surface area contributed by atoms with E-state index >= 15 is 0 Å². The van der Waals surface area contributed by atoms with Crippen molar-refractivity contribution in [3.63, 3.8) is 0 Å². The maximum Gasteiger partial charge on any atom is 0.230 e. The number of pyridine rings is 1. The molecule has 1 aliphatic rings. The van der Waals surface area contributed by atoms with Crippen LogP contribution in [0.4, 0.5) is 10.3 Å². The SMILES string of the molecule is NC1=NC(c2ccccc2F)n2nc(-c3cccnc3)nc2N1. The minimum atomic E-state index is -0.703. The highest BCUT2D eigenvalue weighted by atomic mass is 19.1. The first kappa shape index (κ1) is 13.4. The molecule has 1 aliphatic heterocycles. The fourth-order valence-corrected chi connectivity index (χ4v) is 2.42. The highest BCUT2D eigenvalue weighted by molar-refractivity contribution is 5.92. The van der Waals surface area contributed by atoms with Gasteiger partial charge in [-0.25, -0.2) is 14.1 Å². The molecule has 2 aromatic heterocycles.